The van der Waals surface area contributed by atoms with Gasteiger partial charge in [0.25, 0.3) is 0 Å². The number of hydrogen-bond acceptors (Lipinski definition) is 3. The van der Waals surface area contributed by atoms with Crippen LogP contribution in [0.3, 0.4) is 0 Å². The quantitative estimate of drug-likeness (QED) is 0.844. The van der Waals surface area contributed by atoms with E-state index in [1.54, 1.807) is 0 Å². The normalized spacial score (nSPS) is 21.3. The largest absolute Gasteiger partial charge is 0.372 e. The lowest BCUT2D eigenvalue weighted by molar-refractivity contribution is 0.0832. The number of aryl methyl sites for hydroxylation is 1. The van der Waals surface area contributed by atoms with E-state index >= 15 is 0 Å². The second-order valence-corrected chi connectivity index (χ2v) is 6.44. The number of rotatable bonds is 7. The van der Waals surface area contributed by atoms with Crippen molar-refractivity contribution >= 4 is 6.08 Å². The topological polar surface area (TPSA) is 39.1 Å². The van der Waals surface area contributed by atoms with Gasteiger partial charge in [-0.3, -0.25) is 4.68 Å². The van der Waals surface area contributed by atoms with Crippen molar-refractivity contribution in [1.82, 2.24) is 15.1 Å². The highest BCUT2D eigenvalue weighted by Gasteiger charge is 2.31. The SMILES string of the molecule is CCn1nccc1[C@@H]1OCC[C@H]1CNC/C(C)=C/c1ccccc1. The Labute approximate surface area is 144 Å². The predicted octanol–water partition coefficient (Wildman–Crippen LogP) is 3.67. The molecule has 0 amide bonds. The van der Waals surface area contributed by atoms with Crippen molar-refractivity contribution < 1.29 is 4.74 Å². The van der Waals surface area contributed by atoms with E-state index in [4.69, 9.17) is 4.74 Å². The summed E-state index contributed by atoms with van der Waals surface area (Å²) in [6.45, 7) is 7.90. The Bertz CT molecular complexity index is 663. The van der Waals surface area contributed by atoms with Crippen LogP contribution >= 0.6 is 0 Å². The third-order valence-electron chi connectivity index (χ3n) is 4.58. The summed E-state index contributed by atoms with van der Waals surface area (Å²) in [5.74, 6) is 0.511. The van der Waals surface area contributed by atoms with E-state index in [9.17, 15) is 0 Å². The first-order chi connectivity index (χ1) is 11.8. The summed E-state index contributed by atoms with van der Waals surface area (Å²) in [7, 11) is 0. The number of hydrogen-bond donors (Lipinski definition) is 1. The average Bonchev–Trinajstić information content (AvgIpc) is 3.23. The molecule has 4 nitrogen and oxygen atoms in total. The zero-order valence-corrected chi connectivity index (χ0v) is 14.6. The predicted molar refractivity (Wildman–Crippen MR) is 97.7 cm³/mol. The van der Waals surface area contributed by atoms with Gasteiger partial charge >= 0.3 is 0 Å². The molecule has 1 saturated heterocycles. The van der Waals surface area contributed by atoms with Crippen molar-refractivity contribution in [2.24, 2.45) is 5.92 Å². The van der Waals surface area contributed by atoms with Crippen molar-refractivity contribution in [3.05, 3.63) is 59.4 Å². The minimum Gasteiger partial charge on any atom is -0.372 e. The van der Waals surface area contributed by atoms with E-state index in [1.165, 1.54) is 16.8 Å². The summed E-state index contributed by atoms with van der Waals surface area (Å²) in [6.07, 6.45) is 5.38. The summed E-state index contributed by atoms with van der Waals surface area (Å²) in [6, 6.07) is 12.6. The molecule has 1 N–H and O–H groups in total. The van der Waals surface area contributed by atoms with Gasteiger partial charge in [0.2, 0.25) is 0 Å². The Hall–Kier alpha value is -1.91. The minimum atomic E-state index is 0.165. The van der Waals surface area contributed by atoms with Crippen LogP contribution in [-0.4, -0.2) is 29.5 Å². The molecule has 2 aromatic rings. The van der Waals surface area contributed by atoms with Gasteiger partial charge in [-0.05, 0) is 31.9 Å². The lowest BCUT2D eigenvalue weighted by atomic mass is 9.98. The highest BCUT2D eigenvalue weighted by Crippen LogP contribution is 2.33. The molecule has 24 heavy (non-hydrogen) atoms. The fraction of sp³-hybridized carbons (Fsp3) is 0.450. The van der Waals surface area contributed by atoms with Crippen LogP contribution in [0.25, 0.3) is 6.08 Å². The summed E-state index contributed by atoms with van der Waals surface area (Å²) >= 11 is 0. The van der Waals surface area contributed by atoms with Gasteiger partial charge in [0.1, 0.15) is 6.10 Å². The zero-order valence-electron chi connectivity index (χ0n) is 14.6. The van der Waals surface area contributed by atoms with Crippen molar-refractivity contribution in [2.75, 3.05) is 19.7 Å². The van der Waals surface area contributed by atoms with Crippen molar-refractivity contribution in [3.8, 4) is 0 Å². The van der Waals surface area contributed by atoms with Crippen LogP contribution in [0, 0.1) is 5.92 Å². The van der Waals surface area contributed by atoms with Crippen LogP contribution in [0.15, 0.2) is 48.2 Å². The van der Waals surface area contributed by atoms with Gasteiger partial charge in [0.05, 0.1) is 5.69 Å². The molecule has 1 aromatic heterocycles. The third-order valence-corrected chi connectivity index (χ3v) is 4.58. The second kappa shape index (κ2) is 8.27. The summed E-state index contributed by atoms with van der Waals surface area (Å²) < 4.78 is 8.04. The first-order valence-corrected chi connectivity index (χ1v) is 8.84. The van der Waals surface area contributed by atoms with Gasteiger partial charge in [0, 0.05) is 38.4 Å². The number of aromatic nitrogens is 2. The second-order valence-electron chi connectivity index (χ2n) is 6.44. The highest BCUT2D eigenvalue weighted by molar-refractivity contribution is 5.52. The maximum absolute atomic E-state index is 5.99. The Morgan fingerprint density at radius 3 is 2.96 bits per heavy atom. The van der Waals surface area contributed by atoms with E-state index in [-0.39, 0.29) is 6.10 Å². The Kier molecular flexibility index (Phi) is 5.83. The van der Waals surface area contributed by atoms with Gasteiger partial charge in [-0.1, -0.05) is 42.0 Å². The summed E-state index contributed by atoms with van der Waals surface area (Å²) in [5, 5.41) is 7.98. The molecule has 128 valence electrons. The number of nitrogens with one attached hydrogen (secondary N) is 1. The van der Waals surface area contributed by atoms with Crippen LogP contribution in [0.4, 0.5) is 0 Å². The van der Waals surface area contributed by atoms with Gasteiger partial charge in [0.15, 0.2) is 0 Å². The minimum absolute atomic E-state index is 0.165. The van der Waals surface area contributed by atoms with Crippen molar-refractivity contribution in [1.29, 1.82) is 0 Å². The molecule has 2 heterocycles. The number of benzene rings is 1. The lowest BCUT2D eigenvalue weighted by Gasteiger charge is -2.20. The molecule has 1 aliphatic rings. The first-order valence-electron chi connectivity index (χ1n) is 8.84. The summed E-state index contributed by atoms with van der Waals surface area (Å²) in [4.78, 5) is 0. The fourth-order valence-electron chi connectivity index (χ4n) is 3.36. The monoisotopic (exact) mass is 325 g/mol. The van der Waals surface area contributed by atoms with Gasteiger partial charge in [-0.2, -0.15) is 5.10 Å². The summed E-state index contributed by atoms with van der Waals surface area (Å²) in [5.41, 5.74) is 3.80. The molecule has 1 aromatic carbocycles. The molecular weight excluding hydrogens is 298 g/mol. The molecule has 1 aliphatic heterocycles. The maximum Gasteiger partial charge on any atom is 0.103 e. The molecule has 3 rings (SSSR count). The van der Waals surface area contributed by atoms with Crippen LogP contribution < -0.4 is 5.32 Å². The Balaban J connectivity index is 1.53. The van der Waals surface area contributed by atoms with Gasteiger partial charge in [-0.25, -0.2) is 0 Å². The van der Waals surface area contributed by atoms with E-state index in [0.29, 0.717) is 5.92 Å². The molecule has 0 unspecified atom stereocenters. The molecule has 1 fully saturated rings. The van der Waals surface area contributed by atoms with Crippen molar-refractivity contribution in [2.45, 2.75) is 32.9 Å². The van der Waals surface area contributed by atoms with Crippen LogP contribution in [0.5, 0.6) is 0 Å². The van der Waals surface area contributed by atoms with Gasteiger partial charge < -0.3 is 10.1 Å². The van der Waals surface area contributed by atoms with E-state index in [0.717, 1.165) is 32.7 Å². The third kappa shape index (κ3) is 4.13. The van der Waals surface area contributed by atoms with Gasteiger partial charge in [-0.15, -0.1) is 0 Å². The molecule has 4 heteroatoms. The molecule has 0 bridgehead atoms. The van der Waals surface area contributed by atoms with E-state index in [1.807, 2.05) is 16.9 Å². The standard InChI is InChI=1S/C20H27N3O/c1-3-23-19(9-11-22-23)20-18(10-12-24-20)15-21-14-16(2)13-17-7-5-4-6-8-17/h4-9,11,13,18,20-21H,3,10,12,14-15H2,1-2H3/b16-13+/t18-,20+/m0/s1. The maximum atomic E-state index is 5.99. The average molecular weight is 325 g/mol. The molecule has 0 radical (unpaired) electrons. The van der Waals surface area contributed by atoms with Crippen LogP contribution in [-0.2, 0) is 11.3 Å². The highest BCUT2D eigenvalue weighted by atomic mass is 16.5. The molecule has 2 atom stereocenters. The van der Waals surface area contributed by atoms with Crippen LogP contribution in [0.1, 0.15) is 37.6 Å². The smallest absolute Gasteiger partial charge is 0.103 e. The Morgan fingerprint density at radius 1 is 1.33 bits per heavy atom. The van der Waals surface area contributed by atoms with E-state index in [2.05, 4.69) is 60.7 Å². The Morgan fingerprint density at radius 2 is 2.17 bits per heavy atom. The lowest BCUT2D eigenvalue weighted by Crippen LogP contribution is -2.27. The first kappa shape index (κ1) is 16.9. The molecule has 0 spiro atoms. The number of nitrogens with zero attached hydrogens (tertiary/aromatic N) is 2. The number of ether oxygens (including phenoxy) is 1. The zero-order chi connectivity index (χ0) is 16.8. The molecule has 0 aliphatic carbocycles. The fourth-order valence-corrected chi connectivity index (χ4v) is 3.36. The molecular formula is C20H27N3O. The van der Waals surface area contributed by atoms with E-state index < -0.39 is 0 Å². The van der Waals surface area contributed by atoms with Crippen molar-refractivity contribution in [3.63, 3.8) is 0 Å². The molecule has 0 saturated carbocycles. The van der Waals surface area contributed by atoms with Crippen LogP contribution in [0.2, 0.25) is 0 Å².